The van der Waals surface area contributed by atoms with Crippen LogP contribution in [0.2, 0.25) is 0 Å². The minimum atomic E-state index is -1.30. The van der Waals surface area contributed by atoms with Crippen LogP contribution in [0.25, 0.3) is 0 Å². The van der Waals surface area contributed by atoms with Crippen LogP contribution in [0.15, 0.2) is 12.1 Å². The van der Waals surface area contributed by atoms with Crippen molar-refractivity contribution in [2.24, 2.45) is 5.92 Å². The first-order valence-corrected chi connectivity index (χ1v) is 6.26. The Labute approximate surface area is 108 Å². The van der Waals surface area contributed by atoms with Crippen LogP contribution < -0.4 is 10.6 Å². The summed E-state index contributed by atoms with van der Waals surface area (Å²) in [5.41, 5.74) is -0.440. The van der Waals surface area contributed by atoms with Gasteiger partial charge in [0.05, 0.1) is 11.6 Å². The number of benzene rings is 1. The van der Waals surface area contributed by atoms with Crippen LogP contribution in [0.5, 0.6) is 0 Å². The van der Waals surface area contributed by atoms with Crippen LogP contribution in [-0.4, -0.2) is 18.0 Å². The summed E-state index contributed by atoms with van der Waals surface area (Å²) in [5, 5.41) is 5.56. The molecule has 0 aliphatic carbocycles. The normalized spacial score (nSPS) is 28.7. The molecule has 1 aromatic carbocycles. The number of nitrogens with one attached hydrogen (secondary N) is 2. The van der Waals surface area contributed by atoms with Gasteiger partial charge >= 0.3 is 0 Å². The highest BCUT2D eigenvalue weighted by Crippen LogP contribution is 2.34. The van der Waals surface area contributed by atoms with E-state index in [0.717, 1.165) is 18.9 Å². The maximum atomic E-state index is 13.4. The number of rotatable bonds is 2. The summed E-state index contributed by atoms with van der Waals surface area (Å²) in [5.74, 6) is -4.10. The summed E-state index contributed by atoms with van der Waals surface area (Å²) in [4.78, 5) is 12.0. The Morgan fingerprint density at radius 1 is 1.26 bits per heavy atom. The smallest absolute Gasteiger partial charge is 0.229 e. The summed E-state index contributed by atoms with van der Waals surface area (Å²) in [6.07, 6.45) is 2.63. The van der Waals surface area contributed by atoms with Gasteiger partial charge in [0.15, 0.2) is 11.6 Å². The van der Waals surface area contributed by atoms with Crippen molar-refractivity contribution in [3.8, 4) is 0 Å². The second kappa shape index (κ2) is 4.52. The van der Waals surface area contributed by atoms with Gasteiger partial charge in [0, 0.05) is 24.2 Å². The lowest BCUT2D eigenvalue weighted by Gasteiger charge is -2.19. The van der Waals surface area contributed by atoms with Crippen LogP contribution in [-0.2, 0) is 4.79 Å². The van der Waals surface area contributed by atoms with Gasteiger partial charge in [-0.1, -0.05) is 0 Å². The first-order valence-electron chi connectivity index (χ1n) is 6.26. The maximum Gasteiger partial charge on any atom is 0.229 e. The SMILES string of the molecule is O=C(Nc1cc(F)cc(F)c1F)C1CC2CCC1N2. The third-order valence-electron chi connectivity index (χ3n) is 3.89. The molecule has 2 aliphatic heterocycles. The molecule has 19 heavy (non-hydrogen) atoms. The number of fused-ring (bicyclic) bond motifs is 2. The molecule has 3 atom stereocenters. The average Bonchev–Trinajstić information content (AvgIpc) is 2.97. The minimum absolute atomic E-state index is 0.0893. The van der Waals surface area contributed by atoms with Gasteiger partial charge in [-0.25, -0.2) is 13.2 Å². The molecule has 0 radical (unpaired) electrons. The van der Waals surface area contributed by atoms with Crippen LogP contribution in [0, 0.1) is 23.4 Å². The Kier molecular flexibility index (Phi) is 2.97. The van der Waals surface area contributed by atoms with Crippen molar-refractivity contribution in [2.75, 3.05) is 5.32 Å². The monoisotopic (exact) mass is 270 g/mol. The number of hydrogen-bond donors (Lipinski definition) is 2. The van der Waals surface area contributed by atoms with E-state index in [9.17, 15) is 18.0 Å². The summed E-state index contributed by atoms with van der Waals surface area (Å²) in [6, 6.07) is 1.66. The van der Waals surface area contributed by atoms with Gasteiger partial charge in [0.25, 0.3) is 0 Å². The first kappa shape index (κ1) is 12.5. The van der Waals surface area contributed by atoms with E-state index >= 15 is 0 Å². The Balaban J connectivity index is 1.76. The van der Waals surface area contributed by atoms with E-state index < -0.39 is 23.1 Å². The van der Waals surface area contributed by atoms with Gasteiger partial charge in [0.1, 0.15) is 5.82 Å². The van der Waals surface area contributed by atoms with Crippen LogP contribution in [0.4, 0.5) is 18.9 Å². The van der Waals surface area contributed by atoms with Gasteiger partial charge in [-0.05, 0) is 19.3 Å². The fourth-order valence-corrected chi connectivity index (χ4v) is 2.99. The van der Waals surface area contributed by atoms with E-state index in [-0.39, 0.29) is 17.9 Å². The maximum absolute atomic E-state index is 13.4. The largest absolute Gasteiger partial charge is 0.323 e. The van der Waals surface area contributed by atoms with Crippen LogP contribution >= 0.6 is 0 Å². The second-order valence-electron chi connectivity index (χ2n) is 5.13. The molecule has 0 aromatic heterocycles. The molecule has 6 heteroatoms. The van der Waals surface area contributed by atoms with Crippen molar-refractivity contribution >= 4 is 11.6 Å². The quantitative estimate of drug-likeness (QED) is 0.809. The lowest BCUT2D eigenvalue weighted by atomic mass is 9.88. The molecule has 2 N–H and O–H groups in total. The third kappa shape index (κ3) is 2.20. The van der Waals surface area contributed by atoms with E-state index in [1.54, 1.807) is 0 Å². The highest BCUT2D eigenvalue weighted by atomic mass is 19.2. The van der Waals surface area contributed by atoms with Gasteiger partial charge in [-0.2, -0.15) is 0 Å². The first-order chi connectivity index (χ1) is 9.04. The molecule has 3 rings (SSSR count). The fraction of sp³-hybridized carbons (Fsp3) is 0.462. The second-order valence-corrected chi connectivity index (χ2v) is 5.13. The fourth-order valence-electron chi connectivity index (χ4n) is 2.99. The molecule has 2 bridgehead atoms. The molecule has 1 amide bonds. The molecule has 2 fully saturated rings. The van der Waals surface area contributed by atoms with Gasteiger partial charge in [-0.3, -0.25) is 4.79 Å². The van der Waals surface area contributed by atoms with Crippen molar-refractivity contribution in [3.63, 3.8) is 0 Å². The number of carbonyl (C=O) groups excluding carboxylic acids is 1. The van der Waals surface area contributed by atoms with E-state index in [1.165, 1.54) is 0 Å². The Bertz CT molecular complexity index is 535. The average molecular weight is 270 g/mol. The lowest BCUT2D eigenvalue weighted by Crippen LogP contribution is -2.33. The van der Waals surface area contributed by atoms with Crippen molar-refractivity contribution in [1.82, 2.24) is 5.32 Å². The zero-order chi connectivity index (χ0) is 13.6. The molecule has 2 saturated heterocycles. The number of anilines is 1. The standard InChI is InChI=1S/C13H13F3N2O/c14-6-3-9(15)12(16)11(4-6)18-13(19)8-5-7-1-2-10(8)17-7/h3-4,7-8,10,17H,1-2,5H2,(H,18,19). The zero-order valence-electron chi connectivity index (χ0n) is 10.1. The van der Waals surface area contributed by atoms with Crippen LogP contribution in [0.3, 0.4) is 0 Å². The van der Waals surface area contributed by atoms with E-state index in [0.29, 0.717) is 18.5 Å². The third-order valence-corrected chi connectivity index (χ3v) is 3.89. The molecule has 0 saturated carbocycles. The molecule has 1 aromatic rings. The number of hydrogen-bond acceptors (Lipinski definition) is 2. The number of amides is 1. The topological polar surface area (TPSA) is 41.1 Å². The van der Waals surface area contributed by atoms with Crippen LogP contribution in [0.1, 0.15) is 19.3 Å². The van der Waals surface area contributed by atoms with Gasteiger partial charge in [0.2, 0.25) is 5.91 Å². The van der Waals surface area contributed by atoms with Crippen molar-refractivity contribution < 1.29 is 18.0 Å². The Morgan fingerprint density at radius 2 is 2.05 bits per heavy atom. The van der Waals surface area contributed by atoms with Crippen molar-refractivity contribution in [2.45, 2.75) is 31.3 Å². The predicted molar refractivity (Wildman–Crippen MR) is 63.0 cm³/mol. The number of carbonyl (C=O) groups is 1. The highest BCUT2D eigenvalue weighted by Gasteiger charge is 2.42. The lowest BCUT2D eigenvalue weighted by molar-refractivity contribution is -0.120. The summed E-state index contributed by atoms with van der Waals surface area (Å²) >= 11 is 0. The number of halogens is 3. The zero-order valence-corrected chi connectivity index (χ0v) is 10.1. The molecule has 2 aliphatic rings. The molecule has 3 unspecified atom stereocenters. The molecule has 0 spiro atoms. The van der Waals surface area contributed by atoms with E-state index in [1.807, 2.05) is 0 Å². The van der Waals surface area contributed by atoms with E-state index in [2.05, 4.69) is 10.6 Å². The molecule has 2 heterocycles. The van der Waals surface area contributed by atoms with Gasteiger partial charge < -0.3 is 10.6 Å². The predicted octanol–water partition coefficient (Wildman–Crippen LogP) is 2.18. The minimum Gasteiger partial charge on any atom is -0.323 e. The highest BCUT2D eigenvalue weighted by molar-refractivity contribution is 5.93. The summed E-state index contributed by atoms with van der Waals surface area (Å²) in [7, 11) is 0. The van der Waals surface area contributed by atoms with Crippen molar-refractivity contribution in [3.05, 3.63) is 29.6 Å². The summed E-state index contributed by atoms with van der Waals surface area (Å²) < 4.78 is 39.5. The molecular weight excluding hydrogens is 257 g/mol. The Hall–Kier alpha value is -1.56. The Morgan fingerprint density at radius 3 is 2.68 bits per heavy atom. The molecular formula is C13H13F3N2O. The summed E-state index contributed by atoms with van der Waals surface area (Å²) in [6.45, 7) is 0. The van der Waals surface area contributed by atoms with E-state index in [4.69, 9.17) is 0 Å². The molecule has 102 valence electrons. The molecule has 3 nitrogen and oxygen atoms in total. The van der Waals surface area contributed by atoms with Gasteiger partial charge in [-0.15, -0.1) is 0 Å². The van der Waals surface area contributed by atoms with Crippen molar-refractivity contribution in [1.29, 1.82) is 0 Å².